The van der Waals surface area contributed by atoms with Gasteiger partial charge in [0.25, 0.3) is 0 Å². The molecule has 3 aromatic rings. The van der Waals surface area contributed by atoms with Crippen LogP contribution >= 0.6 is 0 Å². The summed E-state index contributed by atoms with van der Waals surface area (Å²) >= 11 is 0. The maximum Gasteiger partial charge on any atom is 0.220 e. The molecule has 1 fully saturated rings. The summed E-state index contributed by atoms with van der Waals surface area (Å²) in [7, 11) is 1.62. The van der Waals surface area contributed by atoms with Gasteiger partial charge in [-0.25, -0.2) is 9.97 Å². The highest BCUT2D eigenvalue weighted by molar-refractivity contribution is 5.96. The van der Waals surface area contributed by atoms with Gasteiger partial charge < -0.3 is 30.0 Å². The van der Waals surface area contributed by atoms with Gasteiger partial charge in [0.15, 0.2) is 5.75 Å². The summed E-state index contributed by atoms with van der Waals surface area (Å²) < 4.78 is 16.2. The molecule has 4 rings (SSSR count). The maximum absolute atomic E-state index is 11.1. The minimum atomic E-state index is -0.885. The molecule has 8 nitrogen and oxygen atoms in total. The van der Waals surface area contributed by atoms with Crippen LogP contribution in [0.3, 0.4) is 0 Å². The second-order valence-corrected chi connectivity index (χ2v) is 6.89. The molecule has 0 atom stereocenters. The number of fused-ring (bicyclic) bond motifs is 1. The number of H-pyrrole nitrogens is 1. The van der Waals surface area contributed by atoms with Gasteiger partial charge >= 0.3 is 0 Å². The lowest BCUT2D eigenvalue weighted by Crippen LogP contribution is -2.33. The van der Waals surface area contributed by atoms with E-state index in [2.05, 4.69) is 15.0 Å². The number of benzene rings is 1. The van der Waals surface area contributed by atoms with Gasteiger partial charge in [0.05, 0.1) is 18.4 Å². The van der Waals surface area contributed by atoms with Crippen LogP contribution in [0.2, 0.25) is 0 Å². The third kappa shape index (κ3) is 3.54. The van der Waals surface area contributed by atoms with Crippen LogP contribution in [0.1, 0.15) is 18.4 Å². The smallest absolute Gasteiger partial charge is 0.220 e. The Bertz CT molecular complexity index is 966. The van der Waals surface area contributed by atoms with Crippen LogP contribution in [0.25, 0.3) is 22.2 Å². The van der Waals surface area contributed by atoms with Crippen LogP contribution in [-0.2, 0) is 15.1 Å². The highest BCUT2D eigenvalue weighted by atomic mass is 16.5. The number of methoxy groups -OCH3 is 1. The van der Waals surface area contributed by atoms with Gasteiger partial charge in [-0.3, -0.25) is 0 Å². The van der Waals surface area contributed by atoms with E-state index in [9.17, 15) is 5.11 Å². The molecule has 1 aromatic carbocycles. The summed E-state index contributed by atoms with van der Waals surface area (Å²) in [4.78, 5) is 11.7. The summed E-state index contributed by atoms with van der Waals surface area (Å²) in [5.74, 6) is 0.699. The minimum absolute atomic E-state index is 0.169. The molecule has 1 aliphatic rings. The fraction of sp³-hybridized carbons (Fsp3) is 0.400. The van der Waals surface area contributed by atoms with Gasteiger partial charge in [-0.2, -0.15) is 0 Å². The van der Waals surface area contributed by atoms with Crippen LogP contribution in [0, 0.1) is 0 Å². The van der Waals surface area contributed by atoms with E-state index in [0.717, 1.165) is 22.0 Å². The van der Waals surface area contributed by atoms with E-state index < -0.39 is 5.60 Å². The van der Waals surface area contributed by atoms with Crippen molar-refractivity contribution in [1.29, 1.82) is 0 Å². The van der Waals surface area contributed by atoms with E-state index in [4.69, 9.17) is 19.9 Å². The number of ether oxygens (including phenoxy) is 3. The van der Waals surface area contributed by atoms with E-state index in [-0.39, 0.29) is 5.95 Å². The van der Waals surface area contributed by atoms with Gasteiger partial charge in [-0.1, -0.05) is 6.07 Å². The van der Waals surface area contributed by atoms with Gasteiger partial charge in [0.1, 0.15) is 12.3 Å². The molecule has 0 saturated carbocycles. The highest BCUT2D eigenvalue weighted by Gasteiger charge is 2.32. The number of nitrogens with two attached hydrogens (primary N) is 1. The number of aromatic nitrogens is 3. The topological polar surface area (TPSA) is 116 Å². The van der Waals surface area contributed by atoms with Crippen LogP contribution in [0.5, 0.6) is 5.75 Å². The summed E-state index contributed by atoms with van der Waals surface area (Å²) in [6.45, 7) is 1.93. The van der Waals surface area contributed by atoms with E-state index in [1.54, 1.807) is 13.3 Å². The third-order valence-electron chi connectivity index (χ3n) is 5.11. The van der Waals surface area contributed by atoms with Crippen molar-refractivity contribution in [1.82, 2.24) is 15.0 Å². The number of nitrogens with zero attached hydrogens (tertiary/aromatic N) is 2. The molecule has 0 radical (unpaired) electrons. The van der Waals surface area contributed by atoms with Crippen molar-refractivity contribution in [3.63, 3.8) is 0 Å². The summed E-state index contributed by atoms with van der Waals surface area (Å²) in [6, 6.07) is 5.93. The first-order valence-corrected chi connectivity index (χ1v) is 9.27. The predicted molar refractivity (Wildman–Crippen MR) is 105 cm³/mol. The number of nitrogens with one attached hydrogen (secondary N) is 1. The maximum atomic E-state index is 11.1. The van der Waals surface area contributed by atoms with E-state index in [0.29, 0.717) is 50.7 Å². The predicted octanol–water partition coefficient (Wildman–Crippen LogP) is 2.23. The Labute approximate surface area is 162 Å². The molecule has 1 aliphatic heterocycles. The Kier molecular flexibility index (Phi) is 5.17. The normalized spacial score (nSPS) is 16.4. The number of hydrogen-bond donors (Lipinski definition) is 3. The van der Waals surface area contributed by atoms with Crippen molar-refractivity contribution >= 4 is 16.9 Å². The molecular weight excluding hydrogens is 360 g/mol. The van der Waals surface area contributed by atoms with Gasteiger partial charge in [-0.15, -0.1) is 0 Å². The van der Waals surface area contributed by atoms with Crippen LogP contribution < -0.4 is 10.5 Å². The molecule has 0 spiro atoms. The number of hydrogen-bond acceptors (Lipinski definition) is 7. The van der Waals surface area contributed by atoms with Crippen molar-refractivity contribution in [2.75, 3.05) is 39.3 Å². The molecule has 3 heterocycles. The van der Waals surface area contributed by atoms with Crippen molar-refractivity contribution in [2.45, 2.75) is 18.4 Å². The number of nitrogen functional groups attached to an aromatic ring is 1. The summed E-state index contributed by atoms with van der Waals surface area (Å²) in [6.07, 6.45) is 4.59. The number of anilines is 1. The summed E-state index contributed by atoms with van der Waals surface area (Å²) in [5, 5.41) is 12.0. The van der Waals surface area contributed by atoms with Gasteiger partial charge in [0.2, 0.25) is 5.95 Å². The zero-order chi connectivity index (χ0) is 19.6. The fourth-order valence-electron chi connectivity index (χ4n) is 3.52. The second-order valence-electron chi connectivity index (χ2n) is 6.89. The Hall–Kier alpha value is -2.68. The largest absolute Gasteiger partial charge is 0.487 e. The van der Waals surface area contributed by atoms with Crippen molar-refractivity contribution in [3.8, 4) is 17.0 Å². The van der Waals surface area contributed by atoms with Crippen LogP contribution in [-0.4, -0.2) is 53.6 Å². The lowest BCUT2D eigenvalue weighted by Gasteiger charge is -2.32. The Morgan fingerprint density at radius 3 is 2.89 bits per heavy atom. The Balaban J connectivity index is 1.77. The molecule has 28 heavy (non-hydrogen) atoms. The van der Waals surface area contributed by atoms with E-state index in [1.165, 1.54) is 0 Å². The minimum Gasteiger partial charge on any atom is -0.487 e. The van der Waals surface area contributed by atoms with Crippen LogP contribution in [0.4, 0.5) is 5.95 Å². The molecule has 1 saturated heterocycles. The quantitative estimate of drug-likeness (QED) is 0.558. The van der Waals surface area contributed by atoms with E-state index >= 15 is 0 Å². The molecule has 148 valence electrons. The molecule has 2 aromatic heterocycles. The lowest BCUT2D eigenvalue weighted by molar-refractivity contribution is -0.0678. The molecule has 0 amide bonds. The summed E-state index contributed by atoms with van der Waals surface area (Å²) in [5.41, 5.74) is 8.20. The van der Waals surface area contributed by atoms with Gasteiger partial charge in [0, 0.05) is 55.8 Å². The van der Waals surface area contributed by atoms with Crippen molar-refractivity contribution in [2.24, 2.45) is 0 Å². The first-order valence-electron chi connectivity index (χ1n) is 9.27. The van der Waals surface area contributed by atoms with Crippen LogP contribution in [0.15, 0.2) is 30.6 Å². The average molecular weight is 384 g/mol. The Morgan fingerprint density at radius 2 is 2.11 bits per heavy atom. The molecule has 0 unspecified atom stereocenters. The molecule has 0 bridgehead atoms. The molecular formula is C20H24N4O4. The zero-order valence-corrected chi connectivity index (χ0v) is 15.8. The highest BCUT2D eigenvalue weighted by Crippen LogP contribution is 2.38. The standard InChI is InChI=1S/C20H24N4O4/c1-26-8-9-28-17-12-23-19(21)24-18(17)15-11-22-16-3-2-13(10-14(15)16)20(25)4-6-27-7-5-20/h2-3,10-12,22,25H,4-9H2,1H3,(H2,21,23,24). The van der Waals surface area contributed by atoms with Crippen molar-refractivity contribution in [3.05, 3.63) is 36.2 Å². The third-order valence-corrected chi connectivity index (χ3v) is 5.11. The zero-order valence-electron chi connectivity index (χ0n) is 15.8. The number of rotatable bonds is 6. The van der Waals surface area contributed by atoms with E-state index in [1.807, 2.05) is 24.4 Å². The lowest BCUT2D eigenvalue weighted by atomic mass is 9.85. The Morgan fingerprint density at radius 1 is 1.29 bits per heavy atom. The molecule has 4 N–H and O–H groups in total. The van der Waals surface area contributed by atoms with Gasteiger partial charge in [-0.05, 0) is 17.7 Å². The SMILES string of the molecule is COCCOc1cnc(N)nc1-c1c[nH]c2ccc(C3(O)CCOCC3)cc12. The number of aliphatic hydroxyl groups is 1. The first-order chi connectivity index (χ1) is 13.6. The molecule has 0 aliphatic carbocycles. The van der Waals surface area contributed by atoms with Crippen molar-refractivity contribution < 1.29 is 19.3 Å². The molecule has 8 heteroatoms. The first kappa shape index (κ1) is 18.7. The second kappa shape index (κ2) is 7.75. The number of aromatic amines is 1. The fourth-order valence-corrected chi connectivity index (χ4v) is 3.52. The monoisotopic (exact) mass is 384 g/mol. The average Bonchev–Trinajstić information content (AvgIpc) is 3.13.